The Morgan fingerprint density at radius 1 is 1.56 bits per heavy atom. The van der Waals surface area contributed by atoms with Gasteiger partial charge in [-0.3, -0.25) is 0 Å². The molecule has 1 aromatic carbocycles. The lowest BCUT2D eigenvalue weighted by Crippen LogP contribution is -2.01. The monoisotopic (exact) mass is 397 g/mol. The Kier molecular flexibility index (Phi) is 6.12. The molecule has 0 atom stereocenters. The molecule has 0 aliphatic carbocycles. The molecule has 1 rings (SSSR count). The third-order valence-corrected chi connectivity index (χ3v) is 3.24. The molecule has 0 fully saturated rings. The fourth-order valence-corrected chi connectivity index (χ4v) is 2.92. The average Bonchev–Trinajstić information content (AvgIpc) is 2.22. The van der Waals surface area contributed by atoms with Crippen LogP contribution in [0, 0.1) is 3.57 Å². The Balaban J connectivity index is 2.94. The Morgan fingerprint density at radius 2 is 2.31 bits per heavy atom. The van der Waals surface area contributed by atoms with Crippen LogP contribution in [0.1, 0.15) is 25.3 Å². The highest BCUT2D eigenvalue weighted by Crippen LogP contribution is 2.29. The van der Waals surface area contributed by atoms with Gasteiger partial charge in [-0.1, -0.05) is 34.4 Å². The second kappa shape index (κ2) is 7.11. The summed E-state index contributed by atoms with van der Waals surface area (Å²) in [6.45, 7) is 2.80. The lowest BCUT2D eigenvalue weighted by Gasteiger charge is -2.11. The quantitative estimate of drug-likeness (QED) is 0.268. The number of nitrogens with zero attached hydrogens (tertiary/aromatic N) is 1. The maximum Gasteiger partial charge on any atom is 0.141 e. The molecule has 0 aromatic heterocycles. The van der Waals surface area contributed by atoms with E-state index in [1.807, 2.05) is 12.1 Å². The van der Waals surface area contributed by atoms with E-state index in [4.69, 9.17) is 9.94 Å². The van der Waals surface area contributed by atoms with E-state index in [1.165, 1.54) is 6.21 Å². The Hall–Kier alpha value is -0.300. The van der Waals surface area contributed by atoms with Gasteiger partial charge in [-0.05, 0) is 41.1 Å². The lowest BCUT2D eigenvalue weighted by atomic mass is 10.2. The van der Waals surface area contributed by atoms with E-state index in [0.717, 1.165) is 32.2 Å². The minimum atomic E-state index is 0.681. The van der Waals surface area contributed by atoms with E-state index in [0.29, 0.717) is 6.61 Å². The van der Waals surface area contributed by atoms with Crippen LogP contribution in [0.15, 0.2) is 21.8 Å². The first-order chi connectivity index (χ1) is 7.69. The third-order valence-electron chi connectivity index (χ3n) is 1.98. The number of benzene rings is 1. The third kappa shape index (κ3) is 3.93. The standard InChI is InChI=1S/C11H13BrINO2/c1-2-3-4-16-11-8(7-14-15)5-9(12)6-10(11)13/h5-7,15H,2-4H2,1H3. The highest BCUT2D eigenvalue weighted by molar-refractivity contribution is 14.1. The van der Waals surface area contributed by atoms with E-state index >= 15 is 0 Å². The number of unbranched alkanes of at least 4 members (excludes halogenated alkanes) is 1. The van der Waals surface area contributed by atoms with Crippen molar-refractivity contribution in [1.82, 2.24) is 0 Å². The summed E-state index contributed by atoms with van der Waals surface area (Å²) in [5, 5.41) is 11.6. The summed E-state index contributed by atoms with van der Waals surface area (Å²) in [7, 11) is 0. The highest BCUT2D eigenvalue weighted by Gasteiger charge is 2.08. The maximum absolute atomic E-state index is 8.59. The molecule has 0 saturated carbocycles. The summed E-state index contributed by atoms with van der Waals surface area (Å²) in [5.41, 5.74) is 0.775. The number of oxime groups is 1. The van der Waals surface area contributed by atoms with E-state index in [2.05, 4.69) is 50.6 Å². The van der Waals surface area contributed by atoms with Gasteiger partial charge in [-0.25, -0.2) is 0 Å². The Labute approximate surface area is 117 Å². The first-order valence-electron chi connectivity index (χ1n) is 4.98. The van der Waals surface area contributed by atoms with Crippen LogP contribution >= 0.6 is 38.5 Å². The van der Waals surface area contributed by atoms with Gasteiger partial charge in [0.2, 0.25) is 0 Å². The van der Waals surface area contributed by atoms with Gasteiger partial charge < -0.3 is 9.94 Å². The highest BCUT2D eigenvalue weighted by atomic mass is 127. The molecule has 0 heterocycles. The van der Waals surface area contributed by atoms with Gasteiger partial charge in [0.25, 0.3) is 0 Å². The minimum absolute atomic E-state index is 0.681. The second-order valence-electron chi connectivity index (χ2n) is 3.25. The first kappa shape index (κ1) is 13.8. The van der Waals surface area contributed by atoms with Gasteiger partial charge in [-0.2, -0.15) is 0 Å². The van der Waals surface area contributed by atoms with Crippen molar-refractivity contribution >= 4 is 44.7 Å². The molecule has 1 aromatic rings. The summed E-state index contributed by atoms with van der Waals surface area (Å²) >= 11 is 5.60. The molecular formula is C11H13BrINO2. The van der Waals surface area contributed by atoms with Crippen molar-refractivity contribution in [2.45, 2.75) is 19.8 Å². The summed E-state index contributed by atoms with van der Waals surface area (Å²) in [5.74, 6) is 0.773. The molecule has 0 radical (unpaired) electrons. The van der Waals surface area contributed by atoms with Gasteiger partial charge in [0.05, 0.1) is 16.4 Å². The van der Waals surface area contributed by atoms with Crippen molar-refractivity contribution in [2.24, 2.45) is 5.16 Å². The molecule has 0 unspecified atom stereocenters. The molecule has 0 aliphatic heterocycles. The summed E-state index contributed by atoms with van der Waals surface area (Å²) in [6, 6.07) is 3.83. The Bertz CT molecular complexity index is 382. The predicted octanol–water partition coefficient (Wildman–Crippen LogP) is 4.04. The van der Waals surface area contributed by atoms with Crippen molar-refractivity contribution < 1.29 is 9.94 Å². The van der Waals surface area contributed by atoms with Crippen LogP contribution in [0.25, 0.3) is 0 Å². The van der Waals surface area contributed by atoms with Crippen molar-refractivity contribution in [3.8, 4) is 5.75 Å². The molecule has 1 N–H and O–H groups in total. The number of halogens is 2. The zero-order valence-electron chi connectivity index (χ0n) is 8.91. The van der Waals surface area contributed by atoms with Crippen LogP contribution < -0.4 is 4.74 Å². The van der Waals surface area contributed by atoms with Crippen molar-refractivity contribution in [1.29, 1.82) is 0 Å². The number of rotatable bonds is 5. The van der Waals surface area contributed by atoms with Crippen LogP contribution in [0.3, 0.4) is 0 Å². The molecule has 0 amide bonds. The smallest absolute Gasteiger partial charge is 0.141 e. The normalized spacial score (nSPS) is 10.9. The van der Waals surface area contributed by atoms with Crippen molar-refractivity contribution in [3.05, 3.63) is 25.7 Å². The number of ether oxygens (including phenoxy) is 1. The van der Waals surface area contributed by atoms with E-state index in [1.54, 1.807) is 0 Å². The Morgan fingerprint density at radius 3 is 2.94 bits per heavy atom. The molecule has 0 aliphatic rings. The molecule has 3 nitrogen and oxygen atoms in total. The molecule has 5 heteroatoms. The molecule has 0 saturated heterocycles. The van der Waals surface area contributed by atoms with E-state index in [9.17, 15) is 0 Å². The SMILES string of the molecule is CCCCOc1c(I)cc(Br)cc1C=NO. The summed E-state index contributed by atoms with van der Waals surface area (Å²) < 4.78 is 7.62. The van der Waals surface area contributed by atoms with Gasteiger partial charge in [0.1, 0.15) is 5.75 Å². The molecule has 16 heavy (non-hydrogen) atoms. The van der Waals surface area contributed by atoms with Gasteiger partial charge >= 0.3 is 0 Å². The van der Waals surface area contributed by atoms with Gasteiger partial charge in [0.15, 0.2) is 0 Å². The van der Waals surface area contributed by atoms with Crippen LogP contribution in [-0.2, 0) is 0 Å². The minimum Gasteiger partial charge on any atom is -0.492 e. The zero-order valence-corrected chi connectivity index (χ0v) is 12.7. The fourth-order valence-electron chi connectivity index (χ4n) is 1.21. The molecule has 88 valence electrons. The first-order valence-corrected chi connectivity index (χ1v) is 6.85. The molecule has 0 spiro atoms. The summed E-state index contributed by atoms with van der Waals surface area (Å²) in [4.78, 5) is 0. The van der Waals surface area contributed by atoms with Crippen molar-refractivity contribution in [2.75, 3.05) is 6.61 Å². The average molecular weight is 398 g/mol. The fraction of sp³-hybridized carbons (Fsp3) is 0.364. The van der Waals surface area contributed by atoms with Gasteiger partial charge in [0, 0.05) is 10.0 Å². The van der Waals surface area contributed by atoms with Crippen molar-refractivity contribution in [3.63, 3.8) is 0 Å². The zero-order chi connectivity index (χ0) is 12.0. The van der Waals surface area contributed by atoms with Crippen LogP contribution in [0.5, 0.6) is 5.75 Å². The predicted molar refractivity (Wildman–Crippen MR) is 76.6 cm³/mol. The molecule has 0 bridgehead atoms. The number of hydrogen-bond donors (Lipinski definition) is 1. The van der Waals surface area contributed by atoms with Crippen LogP contribution in [-0.4, -0.2) is 18.0 Å². The van der Waals surface area contributed by atoms with Gasteiger partial charge in [-0.15, -0.1) is 0 Å². The second-order valence-corrected chi connectivity index (χ2v) is 5.33. The summed E-state index contributed by atoms with van der Waals surface area (Å²) in [6.07, 6.45) is 3.49. The topological polar surface area (TPSA) is 41.8 Å². The van der Waals surface area contributed by atoms with E-state index < -0.39 is 0 Å². The lowest BCUT2D eigenvalue weighted by molar-refractivity contribution is 0.305. The largest absolute Gasteiger partial charge is 0.492 e. The van der Waals surface area contributed by atoms with Crippen LogP contribution in [0.2, 0.25) is 0 Å². The number of hydrogen-bond acceptors (Lipinski definition) is 3. The van der Waals surface area contributed by atoms with Crippen LogP contribution in [0.4, 0.5) is 0 Å². The van der Waals surface area contributed by atoms with E-state index in [-0.39, 0.29) is 0 Å². The molecular weight excluding hydrogens is 385 g/mol. The maximum atomic E-state index is 8.59.